The normalized spacial score (nSPS) is 25.9. The monoisotopic (exact) mass is 194 g/mol. The number of aromatic amines is 1. The zero-order valence-corrected chi connectivity index (χ0v) is 8.29. The van der Waals surface area contributed by atoms with Crippen molar-refractivity contribution in [3.05, 3.63) is 18.2 Å². The second-order valence-corrected chi connectivity index (χ2v) is 4.01. The average molecular weight is 194 g/mol. The van der Waals surface area contributed by atoms with Gasteiger partial charge in [-0.1, -0.05) is 0 Å². The molecule has 1 aliphatic heterocycles. The maximum Gasteiger partial charge on any atom is 0.239 e. The summed E-state index contributed by atoms with van der Waals surface area (Å²) >= 11 is 0. The van der Waals surface area contributed by atoms with Crippen LogP contribution in [-0.2, 0) is 4.79 Å². The van der Waals surface area contributed by atoms with Crippen molar-refractivity contribution in [2.75, 3.05) is 6.54 Å². The maximum atomic E-state index is 11.4. The highest BCUT2D eigenvalue weighted by Crippen LogP contribution is 2.17. The molecule has 0 bridgehead atoms. The summed E-state index contributed by atoms with van der Waals surface area (Å²) in [5.41, 5.74) is -0.532. The quantitative estimate of drug-likeness (QED) is 0.587. The molecule has 2 rings (SSSR count). The van der Waals surface area contributed by atoms with Crippen LogP contribution in [0.4, 0.5) is 0 Å². The molecular weight excluding hydrogens is 180 g/mol. The number of H-pyrrole nitrogens is 1. The summed E-state index contributed by atoms with van der Waals surface area (Å²) in [5, 5.41) is 6.09. The molecule has 1 saturated heterocycles. The van der Waals surface area contributed by atoms with Gasteiger partial charge in [-0.2, -0.15) is 0 Å². The lowest BCUT2D eigenvalue weighted by molar-refractivity contribution is -0.128. The van der Waals surface area contributed by atoms with Gasteiger partial charge >= 0.3 is 0 Å². The van der Waals surface area contributed by atoms with Gasteiger partial charge in [0, 0.05) is 18.9 Å². The fraction of sp³-hybridized carbons (Fsp3) is 0.556. The molecule has 5 nitrogen and oxygen atoms in total. The zero-order valence-electron chi connectivity index (χ0n) is 8.29. The molecule has 0 saturated carbocycles. The molecule has 76 valence electrons. The summed E-state index contributed by atoms with van der Waals surface area (Å²) < 4.78 is 0. The standard InChI is InChI=1S/C9H14N4O/c1-9(2)8(14)12-5-6(13-9)7-10-3-4-11-7/h3-4,6,13H,5H2,1-2H3,(H,10,11)(H,12,14). The van der Waals surface area contributed by atoms with E-state index in [9.17, 15) is 4.79 Å². The first-order valence-electron chi connectivity index (χ1n) is 4.65. The van der Waals surface area contributed by atoms with Crippen molar-refractivity contribution in [1.82, 2.24) is 20.6 Å². The third kappa shape index (κ3) is 1.50. The van der Waals surface area contributed by atoms with Gasteiger partial charge in [-0.15, -0.1) is 0 Å². The minimum Gasteiger partial charge on any atom is -0.352 e. The van der Waals surface area contributed by atoms with Gasteiger partial charge in [-0.3, -0.25) is 10.1 Å². The average Bonchev–Trinajstić information content (AvgIpc) is 2.62. The number of carbonyl (C=O) groups excluding carboxylic acids is 1. The van der Waals surface area contributed by atoms with Crippen LogP contribution in [0.5, 0.6) is 0 Å². The Labute approximate surface area is 82.3 Å². The topological polar surface area (TPSA) is 69.8 Å². The van der Waals surface area contributed by atoms with E-state index in [1.807, 2.05) is 13.8 Å². The number of amides is 1. The minimum absolute atomic E-state index is 0.0281. The summed E-state index contributed by atoms with van der Waals surface area (Å²) in [4.78, 5) is 18.6. The van der Waals surface area contributed by atoms with Gasteiger partial charge in [0.1, 0.15) is 5.82 Å². The van der Waals surface area contributed by atoms with E-state index in [1.165, 1.54) is 0 Å². The van der Waals surface area contributed by atoms with Crippen LogP contribution in [0.3, 0.4) is 0 Å². The molecular formula is C9H14N4O. The molecule has 1 atom stereocenters. The molecule has 1 unspecified atom stereocenters. The number of nitrogens with one attached hydrogen (secondary N) is 3. The Morgan fingerprint density at radius 2 is 2.36 bits per heavy atom. The van der Waals surface area contributed by atoms with Gasteiger partial charge in [0.15, 0.2) is 0 Å². The molecule has 1 aromatic rings. The SMILES string of the molecule is CC1(C)NC(c2ncc[nH]2)CNC1=O. The lowest BCUT2D eigenvalue weighted by Gasteiger charge is -2.35. The Morgan fingerprint density at radius 3 is 2.93 bits per heavy atom. The van der Waals surface area contributed by atoms with Crippen molar-refractivity contribution in [3.63, 3.8) is 0 Å². The van der Waals surface area contributed by atoms with E-state index in [2.05, 4.69) is 20.6 Å². The maximum absolute atomic E-state index is 11.4. The van der Waals surface area contributed by atoms with Crippen LogP contribution in [0.15, 0.2) is 12.4 Å². The van der Waals surface area contributed by atoms with E-state index in [0.29, 0.717) is 6.54 Å². The molecule has 0 aliphatic carbocycles. The second-order valence-electron chi connectivity index (χ2n) is 4.01. The molecule has 0 spiro atoms. The van der Waals surface area contributed by atoms with Crippen molar-refractivity contribution in [3.8, 4) is 0 Å². The largest absolute Gasteiger partial charge is 0.352 e. The van der Waals surface area contributed by atoms with E-state index >= 15 is 0 Å². The van der Waals surface area contributed by atoms with Crippen LogP contribution in [0.1, 0.15) is 25.7 Å². The van der Waals surface area contributed by atoms with Crippen LogP contribution in [0.25, 0.3) is 0 Å². The van der Waals surface area contributed by atoms with Gasteiger partial charge in [-0.05, 0) is 13.8 Å². The van der Waals surface area contributed by atoms with Crippen LogP contribution >= 0.6 is 0 Å². The lowest BCUT2D eigenvalue weighted by Crippen LogP contribution is -2.61. The molecule has 1 aliphatic rings. The first-order valence-corrected chi connectivity index (χ1v) is 4.65. The van der Waals surface area contributed by atoms with Crippen molar-refractivity contribution in [1.29, 1.82) is 0 Å². The van der Waals surface area contributed by atoms with Gasteiger partial charge < -0.3 is 10.3 Å². The Bertz CT molecular complexity index is 331. The number of carbonyl (C=O) groups is 1. The smallest absolute Gasteiger partial charge is 0.239 e. The first kappa shape index (κ1) is 9.21. The molecule has 1 aromatic heterocycles. The van der Waals surface area contributed by atoms with Gasteiger partial charge in [0.05, 0.1) is 11.6 Å². The Kier molecular flexibility index (Phi) is 2.03. The van der Waals surface area contributed by atoms with Crippen molar-refractivity contribution in [2.45, 2.75) is 25.4 Å². The summed E-state index contributed by atoms with van der Waals surface area (Å²) in [7, 11) is 0. The van der Waals surface area contributed by atoms with Crippen LogP contribution in [-0.4, -0.2) is 28.0 Å². The van der Waals surface area contributed by atoms with E-state index in [1.54, 1.807) is 12.4 Å². The molecule has 0 radical (unpaired) electrons. The van der Waals surface area contributed by atoms with Crippen molar-refractivity contribution in [2.24, 2.45) is 0 Å². The Morgan fingerprint density at radius 1 is 1.57 bits per heavy atom. The van der Waals surface area contributed by atoms with E-state index in [-0.39, 0.29) is 11.9 Å². The van der Waals surface area contributed by atoms with Gasteiger partial charge in [-0.25, -0.2) is 4.98 Å². The lowest BCUT2D eigenvalue weighted by atomic mass is 9.99. The Hall–Kier alpha value is -1.36. The highest BCUT2D eigenvalue weighted by atomic mass is 16.2. The van der Waals surface area contributed by atoms with Crippen LogP contribution in [0, 0.1) is 0 Å². The van der Waals surface area contributed by atoms with E-state index < -0.39 is 5.54 Å². The number of imidazole rings is 1. The summed E-state index contributed by atoms with van der Waals surface area (Å²) in [6.45, 7) is 4.30. The molecule has 1 amide bonds. The fourth-order valence-electron chi connectivity index (χ4n) is 1.60. The van der Waals surface area contributed by atoms with Gasteiger partial charge in [0.25, 0.3) is 0 Å². The number of rotatable bonds is 1. The number of nitrogens with zero attached hydrogens (tertiary/aromatic N) is 1. The highest BCUT2D eigenvalue weighted by molar-refractivity contribution is 5.86. The Balaban J connectivity index is 2.15. The molecule has 0 aromatic carbocycles. The van der Waals surface area contributed by atoms with E-state index in [4.69, 9.17) is 0 Å². The predicted octanol–water partition coefficient (Wildman–Crippen LogP) is -0.0512. The van der Waals surface area contributed by atoms with Crippen molar-refractivity contribution < 1.29 is 4.79 Å². The second kappa shape index (κ2) is 3.09. The molecule has 5 heteroatoms. The minimum atomic E-state index is -0.532. The zero-order chi connectivity index (χ0) is 10.2. The number of hydrogen-bond acceptors (Lipinski definition) is 3. The molecule has 3 N–H and O–H groups in total. The first-order chi connectivity index (χ1) is 6.59. The van der Waals surface area contributed by atoms with Gasteiger partial charge in [0.2, 0.25) is 5.91 Å². The summed E-state index contributed by atoms with van der Waals surface area (Å²) in [6, 6.07) is 0.0673. The number of piperazine rings is 1. The molecule has 2 heterocycles. The summed E-state index contributed by atoms with van der Waals surface area (Å²) in [5.74, 6) is 0.887. The molecule has 1 fully saturated rings. The summed E-state index contributed by atoms with van der Waals surface area (Å²) in [6.07, 6.45) is 3.49. The third-order valence-corrected chi connectivity index (χ3v) is 2.42. The highest BCUT2D eigenvalue weighted by Gasteiger charge is 2.35. The molecule has 14 heavy (non-hydrogen) atoms. The van der Waals surface area contributed by atoms with E-state index in [0.717, 1.165) is 5.82 Å². The van der Waals surface area contributed by atoms with Crippen LogP contribution < -0.4 is 10.6 Å². The van der Waals surface area contributed by atoms with Crippen LogP contribution in [0.2, 0.25) is 0 Å². The van der Waals surface area contributed by atoms with Crippen molar-refractivity contribution >= 4 is 5.91 Å². The number of hydrogen-bond donors (Lipinski definition) is 3. The fourth-order valence-corrected chi connectivity index (χ4v) is 1.60. The third-order valence-electron chi connectivity index (χ3n) is 2.42. The predicted molar refractivity (Wildman–Crippen MR) is 51.6 cm³/mol. The number of aromatic nitrogens is 2.